The Balaban J connectivity index is 2.16. The van der Waals surface area contributed by atoms with Gasteiger partial charge in [0.05, 0.1) is 11.4 Å². The van der Waals surface area contributed by atoms with Crippen LogP contribution in [0.25, 0.3) is 0 Å². The summed E-state index contributed by atoms with van der Waals surface area (Å²) in [6, 6.07) is 8.86. The van der Waals surface area contributed by atoms with E-state index >= 15 is 0 Å². The Labute approximate surface area is 108 Å². The molecule has 0 bridgehead atoms. The molecule has 2 rings (SSSR count). The number of hydrogen-bond donors (Lipinski definition) is 1. The number of nitrogens with zero attached hydrogens (tertiary/aromatic N) is 1. The lowest BCUT2D eigenvalue weighted by Crippen LogP contribution is -2.03. The first-order valence-corrected chi connectivity index (χ1v) is 5.57. The molecule has 19 heavy (non-hydrogen) atoms. The van der Waals surface area contributed by atoms with Gasteiger partial charge in [-0.3, -0.25) is 5.43 Å². The molecule has 2 aromatic carbocycles. The Morgan fingerprint density at radius 2 is 1.58 bits per heavy atom. The molecule has 98 valence electrons. The normalized spacial score (nSPS) is 11.5. The third kappa shape index (κ3) is 3.34. The van der Waals surface area contributed by atoms with Gasteiger partial charge in [0.2, 0.25) is 0 Å². The maximum Gasteiger partial charge on any atom is 0.135 e. The fourth-order valence-corrected chi connectivity index (χ4v) is 1.52. The van der Waals surface area contributed by atoms with Crippen molar-refractivity contribution in [3.63, 3.8) is 0 Å². The molecule has 0 aliphatic carbocycles. The van der Waals surface area contributed by atoms with E-state index in [0.717, 1.165) is 12.1 Å². The fraction of sp³-hybridized carbons (Fsp3) is 0.0714. The van der Waals surface area contributed by atoms with Crippen LogP contribution in [-0.2, 0) is 0 Å². The molecule has 0 aromatic heterocycles. The Bertz CT molecular complexity index is 607. The maximum absolute atomic E-state index is 13.5. The number of halogens is 3. The van der Waals surface area contributed by atoms with Gasteiger partial charge in [-0.2, -0.15) is 5.10 Å². The highest BCUT2D eigenvalue weighted by Gasteiger charge is 2.06. The molecule has 0 saturated carbocycles. The molecule has 0 atom stereocenters. The zero-order chi connectivity index (χ0) is 13.8. The van der Waals surface area contributed by atoms with Gasteiger partial charge in [-0.25, -0.2) is 13.2 Å². The van der Waals surface area contributed by atoms with Crippen molar-refractivity contribution in [2.45, 2.75) is 6.92 Å². The number of anilines is 1. The third-order valence-corrected chi connectivity index (χ3v) is 2.52. The van der Waals surface area contributed by atoms with Gasteiger partial charge in [-0.05, 0) is 43.3 Å². The second-order valence-electron chi connectivity index (χ2n) is 3.94. The Kier molecular flexibility index (Phi) is 3.85. The van der Waals surface area contributed by atoms with Crippen molar-refractivity contribution in [2.24, 2.45) is 5.10 Å². The van der Waals surface area contributed by atoms with Crippen LogP contribution < -0.4 is 5.43 Å². The number of hydrogen-bond acceptors (Lipinski definition) is 2. The molecule has 0 fully saturated rings. The van der Waals surface area contributed by atoms with Crippen molar-refractivity contribution >= 4 is 11.4 Å². The van der Waals surface area contributed by atoms with E-state index in [1.807, 2.05) is 0 Å². The first kappa shape index (κ1) is 13.1. The lowest BCUT2D eigenvalue weighted by atomic mass is 10.1. The fourth-order valence-electron chi connectivity index (χ4n) is 1.52. The summed E-state index contributed by atoms with van der Waals surface area (Å²) in [5.74, 6) is -1.67. The van der Waals surface area contributed by atoms with Gasteiger partial charge in [0.1, 0.15) is 17.5 Å². The lowest BCUT2D eigenvalue weighted by molar-refractivity contribution is 0.581. The minimum atomic E-state index is -0.679. The monoisotopic (exact) mass is 264 g/mol. The molecule has 0 saturated heterocycles. The smallest absolute Gasteiger partial charge is 0.135 e. The summed E-state index contributed by atoms with van der Waals surface area (Å²) >= 11 is 0. The van der Waals surface area contributed by atoms with Crippen LogP contribution in [0.3, 0.4) is 0 Å². The van der Waals surface area contributed by atoms with Crippen molar-refractivity contribution in [3.8, 4) is 0 Å². The van der Waals surface area contributed by atoms with E-state index in [0.29, 0.717) is 11.4 Å². The second kappa shape index (κ2) is 5.56. The molecular formula is C14H11F3N2. The number of rotatable bonds is 3. The van der Waals surface area contributed by atoms with Gasteiger partial charge in [0, 0.05) is 11.6 Å². The van der Waals surface area contributed by atoms with E-state index in [1.165, 1.54) is 30.3 Å². The minimum absolute atomic E-state index is 0.205. The molecule has 0 aliphatic rings. The molecule has 1 N–H and O–H groups in total. The minimum Gasteiger partial charge on any atom is -0.278 e. The molecule has 0 unspecified atom stereocenters. The summed E-state index contributed by atoms with van der Waals surface area (Å²) in [7, 11) is 0. The van der Waals surface area contributed by atoms with E-state index in [-0.39, 0.29) is 11.4 Å². The highest BCUT2D eigenvalue weighted by atomic mass is 19.1. The summed E-state index contributed by atoms with van der Waals surface area (Å²) in [6.07, 6.45) is 0. The Morgan fingerprint density at radius 1 is 0.947 bits per heavy atom. The zero-order valence-corrected chi connectivity index (χ0v) is 10.1. The van der Waals surface area contributed by atoms with E-state index in [1.54, 1.807) is 6.92 Å². The average Bonchev–Trinajstić information content (AvgIpc) is 2.37. The van der Waals surface area contributed by atoms with Crippen LogP contribution in [0.4, 0.5) is 18.9 Å². The van der Waals surface area contributed by atoms with Gasteiger partial charge in [0.15, 0.2) is 0 Å². The highest BCUT2D eigenvalue weighted by Crippen LogP contribution is 2.12. The SMILES string of the molecule is C/C(=N/Nc1ccc(F)cc1)c1ccc(F)cc1F. The van der Waals surface area contributed by atoms with Gasteiger partial charge < -0.3 is 0 Å². The molecular weight excluding hydrogens is 253 g/mol. The topological polar surface area (TPSA) is 24.4 Å². The van der Waals surface area contributed by atoms with Gasteiger partial charge in [-0.15, -0.1) is 0 Å². The number of benzene rings is 2. The van der Waals surface area contributed by atoms with E-state index < -0.39 is 11.6 Å². The third-order valence-electron chi connectivity index (χ3n) is 2.52. The summed E-state index contributed by atoms with van der Waals surface area (Å²) < 4.78 is 38.9. The van der Waals surface area contributed by atoms with Crippen molar-refractivity contribution in [1.82, 2.24) is 0 Å². The largest absolute Gasteiger partial charge is 0.278 e. The molecule has 0 spiro atoms. The van der Waals surface area contributed by atoms with E-state index in [4.69, 9.17) is 0 Å². The van der Waals surface area contributed by atoms with E-state index in [2.05, 4.69) is 10.5 Å². The molecule has 2 nitrogen and oxygen atoms in total. The first-order valence-electron chi connectivity index (χ1n) is 5.57. The average molecular weight is 264 g/mol. The quantitative estimate of drug-likeness (QED) is 0.659. The van der Waals surface area contributed by atoms with Crippen LogP contribution >= 0.6 is 0 Å². The van der Waals surface area contributed by atoms with E-state index in [9.17, 15) is 13.2 Å². The van der Waals surface area contributed by atoms with Gasteiger partial charge in [-0.1, -0.05) is 0 Å². The van der Waals surface area contributed by atoms with Crippen molar-refractivity contribution < 1.29 is 13.2 Å². The molecule has 0 heterocycles. The molecule has 0 aliphatic heterocycles. The molecule has 0 radical (unpaired) electrons. The molecule has 2 aromatic rings. The van der Waals surface area contributed by atoms with Gasteiger partial charge in [0.25, 0.3) is 0 Å². The van der Waals surface area contributed by atoms with Crippen molar-refractivity contribution in [1.29, 1.82) is 0 Å². The number of hydrazone groups is 1. The van der Waals surface area contributed by atoms with Crippen LogP contribution in [0.5, 0.6) is 0 Å². The standard InChI is InChI=1S/C14H11F3N2/c1-9(13-7-4-11(16)8-14(13)17)18-19-12-5-2-10(15)3-6-12/h2-8,19H,1H3/b18-9-. The van der Waals surface area contributed by atoms with Crippen LogP contribution in [0.2, 0.25) is 0 Å². The van der Waals surface area contributed by atoms with Gasteiger partial charge >= 0.3 is 0 Å². The van der Waals surface area contributed by atoms with Crippen LogP contribution in [0.15, 0.2) is 47.6 Å². The Morgan fingerprint density at radius 3 is 2.21 bits per heavy atom. The van der Waals surface area contributed by atoms with Crippen LogP contribution in [0, 0.1) is 17.5 Å². The molecule has 5 heteroatoms. The summed E-state index contributed by atoms with van der Waals surface area (Å²) in [4.78, 5) is 0. The lowest BCUT2D eigenvalue weighted by Gasteiger charge is -2.05. The first-order chi connectivity index (χ1) is 9.06. The Hall–Kier alpha value is -2.30. The number of nitrogens with one attached hydrogen (secondary N) is 1. The maximum atomic E-state index is 13.5. The predicted molar refractivity (Wildman–Crippen MR) is 68.6 cm³/mol. The molecule has 0 amide bonds. The van der Waals surface area contributed by atoms with Crippen molar-refractivity contribution in [2.75, 3.05) is 5.43 Å². The van der Waals surface area contributed by atoms with Crippen molar-refractivity contribution in [3.05, 3.63) is 65.5 Å². The predicted octanol–water partition coefficient (Wildman–Crippen LogP) is 3.94. The summed E-state index contributed by atoms with van der Waals surface area (Å²) in [6.45, 7) is 1.59. The zero-order valence-electron chi connectivity index (χ0n) is 10.1. The summed E-state index contributed by atoms with van der Waals surface area (Å²) in [5.41, 5.74) is 3.81. The van der Waals surface area contributed by atoms with Crippen LogP contribution in [-0.4, -0.2) is 5.71 Å². The second-order valence-corrected chi connectivity index (χ2v) is 3.94. The summed E-state index contributed by atoms with van der Waals surface area (Å²) in [5, 5.41) is 3.97. The van der Waals surface area contributed by atoms with Crippen LogP contribution in [0.1, 0.15) is 12.5 Å². The highest BCUT2D eigenvalue weighted by molar-refractivity contribution is 5.99.